The first kappa shape index (κ1) is 11.3. The van der Waals surface area contributed by atoms with Crippen molar-refractivity contribution in [2.24, 2.45) is 4.99 Å². The Balaban J connectivity index is 2.86. The van der Waals surface area contributed by atoms with E-state index < -0.39 is 11.5 Å². The predicted molar refractivity (Wildman–Crippen MR) is 51.0 cm³/mol. The molecule has 0 amide bonds. The van der Waals surface area contributed by atoms with Crippen LogP contribution in [0, 0.1) is 0 Å². The van der Waals surface area contributed by atoms with E-state index in [2.05, 4.69) is 4.99 Å². The highest BCUT2D eigenvalue weighted by atomic mass is 16.9. The molecule has 0 saturated heterocycles. The quantitative estimate of drug-likeness (QED) is 0.645. The zero-order valence-corrected chi connectivity index (χ0v) is 9.29. The zero-order chi connectivity index (χ0) is 10.8. The van der Waals surface area contributed by atoms with Crippen molar-refractivity contribution in [2.75, 3.05) is 20.8 Å². The highest BCUT2D eigenvalue weighted by Gasteiger charge is 2.56. The topological polar surface area (TPSA) is 49.3 Å². The fourth-order valence-corrected chi connectivity index (χ4v) is 1.41. The fourth-order valence-electron chi connectivity index (χ4n) is 1.41. The van der Waals surface area contributed by atoms with Crippen molar-refractivity contribution in [2.45, 2.75) is 32.3 Å². The Morgan fingerprint density at radius 1 is 1.29 bits per heavy atom. The van der Waals surface area contributed by atoms with Crippen molar-refractivity contribution < 1.29 is 18.9 Å². The van der Waals surface area contributed by atoms with Crippen LogP contribution in [0.1, 0.15) is 20.8 Å². The molecule has 0 unspecified atom stereocenters. The Morgan fingerprint density at radius 3 is 2.21 bits per heavy atom. The molecule has 0 aliphatic carbocycles. The van der Waals surface area contributed by atoms with Crippen molar-refractivity contribution in [1.82, 2.24) is 0 Å². The first-order valence-electron chi connectivity index (χ1n) is 4.53. The summed E-state index contributed by atoms with van der Waals surface area (Å²) < 4.78 is 21.0. The van der Waals surface area contributed by atoms with E-state index in [4.69, 9.17) is 18.9 Å². The van der Waals surface area contributed by atoms with Gasteiger partial charge in [0.05, 0.1) is 6.61 Å². The van der Waals surface area contributed by atoms with Gasteiger partial charge in [-0.2, -0.15) is 0 Å². The Labute approximate surface area is 84.0 Å². The van der Waals surface area contributed by atoms with Crippen molar-refractivity contribution in [3.63, 3.8) is 0 Å². The minimum absolute atomic E-state index is 0.209. The fraction of sp³-hybridized carbons (Fsp3) is 0.889. The van der Waals surface area contributed by atoms with Crippen LogP contribution in [0.2, 0.25) is 0 Å². The minimum atomic E-state index is -1.18. The maximum Gasteiger partial charge on any atom is 0.388 e. The van der Waals surface area contributed by atoms with Crippen LogP contribution in [0.15, 0.2) is 4.99 Å². The summed E-state index contributed by atoms with van der Waals surface area (Å²) in [7, 11) is 3.02. The third-order valence-electron chi connectivity index (χ3n) is 2.15. The van der Waals surface area contributed by atoms with E-state index in [1.54, 1.807) is 0 Å². The van der Waals surface area contributed by atoms with Gasteiger partial charge < -0.3 is 18.9 Å². The number of aliphatic imine (C=N–C) groups is 1. The van der Waals surface area contributed by atoms with Gasteiger partial charge in [-0.25, -0.2) is 4.99 Å². The van der Waals surface area contributed by atoms with Gasteiger partial charge in [-0.1, -0.05) is 0 Å². The van der Waals surface area contributed by atoms with Gasteiger partial charge in [0.25, 0.3) is 0 Å². The molecule has 1 heterocycles. The van der Waals surface area contributed by atoms with Crippen LogP contribution in [0.5, 0.6) is 0 Å². The molecule has 0 aromatic heterocycles. The second-order valence-corrected chi connectivity index (χ2v) is 3.44. The summed E-state index contributed by atoms with van der Waals surface area (Å²) in [4.78, 5) is 4.23. The maximum atomic E-state index is 5.39. The summed E-state index contributed by atoms with van der Waals surface area (Å²) >= 11 is 0. The molecule has 0 bridgehead atoms. The number of rotatable bonds is 3. The highest BCUT2D eigenvalue weighted by Crippen LogP contribution is 2.36. The van der Waals surface area contributed by atoms with Crippen LogP contribution >= 0.6 is 0 Å². The van der Waals surface area contributed by atoms with Gasteiger partial charge in [-0.05, 0) is 20.8 Å². The number of nitrogens with zero attached hydrogens (tertiary/aromatic N) is 1. The van der Waals surface area contributed by atoms with Crippen molar-refractivity contribution in [3.8, 4) is 0 Å². The van der Waals surface area contributed by atoms with E-state index in [9.17, 15) is 0 Å². The molecule has 0 spiro atoms. The minimum Gasteiger partial charge on any atom is -0.451 e. The Hall–Kier alpha value is -0.810. The molecule has 0 N–H and O–H groups in total. The van der Waals surface area contributed by atoms with Crippen molar-refractivity contribution in [3.05, 3.63) is 0 Å². The number of methoxy groups -OCH3 is 2. The van der Waals surface area contributed by atoms with Crippen LogP contribution in [0.3, 0.4) is 0 Å². The molecular formula is C9H17NO4. The summed E-state index contributed by atoms with van der Waals surface area (Å²) in [6.45, 7) is 6.06. The molecule has 1 aliphatic rings. The number of hydrogen-bond acceptors (Lipinski definition) is 5. The van der Waals surface area contributed by atoms with Crippen LogP contribution in [-0.4, -0.2) is 38.4 Å². The van der Waals surface area contributed by atoms with Gasteiger partial charge >= 0.3 is 12.1 Å². The Kier molecular flexibility index (Phi) is 3.01. The van der Waals surface area contributed by atoms with Gasteiger partial charge in [0.15, 0.2) is 5.54 Å². The van der Waals surface area contributed by atoms with Crippen molar-refractivity contribution in [1.29, 1.82) is 0 Å². The lowest BCUT2D eigenvalue weighted by Gasteiger charge is -2.33. The van der Waals surface area contributed by atoms with Gasteiger partial charge in [0.1, 0.15) is 0 Å². The molecule has 1 rings (SSSR count). The maximum absolute atomic E-state index is 5.39. The van der Waals surface area contributed by atoms with Gasteiger partial charge in [-0.3, -0.25) is 0 Å². The standard InChI is InChI=1S/C9H17NO4/c1-6-13-7-10-8(2,3)9(11-4,12-5)14-7/h6H2,1-5H3. The predicted octanol–water partition coefficient (Wildman–Crippen LogP) is 1.13. The molecule has 5 heteroatoms. The molecular weight excluding hydrogens is 186 g/mol. The van der Waals surface area contributed by atoms with E-state index in [0.717, 1.165) is 0 Å². The summed E-state index contributed by atoms with van der Waals surface area (Å²) in [5.74, 6) is -1.18. The Bertz CT molecular complexity index is 233. The normalized spacial score (nSPS) is 22.8. The molecule has 0 saturated carbocycles. The molecule has 1 aliphatic heterocycles. The van der Waals surface area contributed by atoms with E-state index in [1.165, 1.54) is 14.2 Å². The molecule has 0 atom stereocenters. The lowest BCUT2D eigenvalue weighted by Crippen LogP contribution is -2.50. The SMILES string of the molecule is CCOC1=NC(C)(C)C(OC)(OC)O1. The molecule has 0 fully saturated rings. The van der Waals surface area contributed by atoms with Crippen LogP contribution < -0.4 is 0 Å². The number of hydrogen-bond donors (Lipinski definition) is 0. The van der Waals surface area contributed by atoms with E-state index >= 15 is 0 Å². The largest absolute Gasteiger partial charge is 0.451 e. The van der Waals surface area contributed by atoms with Gasteiger partial charge in [-0.15, -0.1) is 0 Å². The highest BCUT2D eigenvalue weighted by molar-refractivity contribution is 5.70. The average Bonchev–Trinajstić information content (AvgIpc) is 2.38. The van der Waals surface area contributed by atoms with E-state index in [-0.39, 0.29) is 6.08 Å². The van der Waals surface area contributed by atoms with Crippen LogP contribution in [0.25, 0.3) is 0 Å². The Morgan fingerprint density at radius 2 is 1.86 bits per heavy atom. The average molecular weight is 203 g/mol. The molecule has 0 radical (unpaired) electrons. The molecule has 0 aromatic carbocycles. The van der Waals surface area contributed by atoms with E-state index in [0.29, 0.717) is 6.61 Å². The molecule has 5 nitrogen and oxygen atoms in total. The summed E-state index contributed by atoms with van der Waals surface area (Å²) in [6.07, 6.45) is 0.209. The molecule has 82 valence electrons. The second kappa shape index (κ2) is 3.74. The zero-order valence-electron chi connectivity index (χ0n) is 9.29. The lowest BCUT2D eigenvalue weighted by atomic mass is 10.0. The van der Waals surface area contributed by atoms with Crippen molar-refractivity contribution >= 4 is 6.08 Å². The first-order valence-corrected chi connectivity index (χ1v) is 4.53. The smallest absolute Gasteiger partial charge is 0.388 e. The third-order valence-corrected chi connectivity index (χ3v) is 2.15. The van der Waals surface area contributed by atoms with Crippen LogP contribution in [-0.2, 0) is 18.9 Å². The monoisotopic (exact) mass is 203 g/mol. The molecule has 0 aromatic rings. The summed E-state index contributed by atoms with van der Waals surface area (Å²) in [5.41, 5.74) is -0.624. The number of ether oxygens (including phenoxy) is 4. The lowest BCUT2D eigenvalue weighted by molar-refractivity contribution is -0.349. The summed E-state index contributed by atoms with van der Waals surface area (Å²) in [6, 6.07) is 0. The van der Waals surface area contributed by atoms with Crippen LogP contribution in [0.4, 0.5) is 0 Å². The summed E-state index contributed by atoms with van der Waals surface area (Å²) in [5, 5.41) is 0. The third kappa shape index (κ3) is 1.57. The van der Waals surface area contributed by atoms with Gasteiger partial charge in [0.2, 0.25) is 0 Å². The first-order chi connectivity index (χ1) is 6.51. The molecule has 14 heavy (non-hydrogen) atoms. The van der Waals surface area contributed by atoms with Gasteiger partial charge in [0, 0.05) is 14.2 Å². The second-order valence-electron chi connectivity index (χ2n) is 3.44. The van der Waals surface area contributed by atoms with E-state index in [1.807, 2.05) is 20.8 Å².